The minimum absolute atomic E-state index is 0.204. The van der Waals surface area contributed by atoms with E-state index in [-0.39, 0.29) is 11.8 Å². The molecule has 1 aromatic rings. The molecule has 16 heavy (non-hydrogen) atoms. The zero-order valence-corrected chi connectivity index (χ0v) is 9.86. The molecular formula is C12H17NO3. The van der Waals surface area contributed by atoms with E-state index in [0.29, 0.717) is 5.69 Å². The van der Waals surface area contributed by atoms with Crippen LogP contribution in [0, 0.1) is 5.92 Å². The largest absolute Gasteiger partial charge is 0.481 e. The number of nitrogens with zero attached hydrogens (tertiary/aromatic N) is 1. The lowest BCUT2D eigenvalue weighted by Gasteiger charge is -2.21. The highest BCUT2D eigenvalue weighted by Gasteiger charge is 2.50. The van der Waals surface area contributed by atoms with E-state index in [9.17, 15) is 9.90 Å². The first-order valence-corrected chi connectivity index (χ1v) is 5.66. The van der Waals surface area contributed by atoms with Crippen LogP contribution in [0.15, 0.2) is 10.6 Å². The summed E-state index contributed by atoms with van der Waals surface area (Å²) < 4.78 is 5.19. The normalized spacial score (nSPS) is 19.8. The molecule has 1 unspecified atom stereocenters. The lowest BCUT2D eigenvalue weighted by atomic mass is 9.81. The maximum absolute atomic E-state index is 11.4. The molecule has 0 radical (unpaired) electrons. The molecule has 1 atom stereocenters. The number of hydrogen-bond acceptors (Lipinski definition) is 3. The van der Waals surface area contributed by atoms with Crippen molar-refractivity contribution in [2.45, 2.75) is 44.9 Å². The summed E-state index contributed by atoms with van der Waals surface area (Å²) in [6, 6.07) is 1.79. The third kappa shape index (κ3) is 1.62. The minimum atomic E-state index is -0.878. The van der Waals surface area contributed by atoms with Gasteiger partial charge in [-0.2, -0.15) is 0 Å². The van der Waals surface area contributed by atoms with E-state index in [1.807, 2.05) is 13.8 Å². The van der Waals surface area contributed by atoms with Crippen LogP contribution in [-0.2, 0) is 10.2 Å². The van der Waals surface area contributed by atoms with Crippen molar-refractivity contribution >= 4 is 5.97 Å². The molecule has 0 amide bonds. The Morgan fingerprint density at radius 2 is 2.25 bits per heavy atom. The summed E-state index contributed by atoms with van der Waals surface area (Å²) in [5.74, 6) is 0.385. The molecule has 1 aliphatic carbocycles. The lowest BCUT2D eigenvalue weighted by Crippen LogP contribution is -2.35. The summed E-state index contributed by atoms with van der Waals surface area (Å²) in [6.07, 6.45) is 1.93. The van der Waals surface area contributed by atoms with Gasteiger partial charge in [-0.3, -0.25) is 4.79 Å². The second-order valence-electron chi connectivity index (χ2n) is 5.05. The van der Waals surface area contributed by atoms with Crippen LogP contribution in [0.1, 0.15) is 51.0 Å². The summed E-state index contributed by atoms with van der Waals surface area (Å²) in [5, 5.41) is 13.3. The van der Waals surface area contributed by atoms with Crippen LogP contribution >= 0.6 is 0 Å². The predicted octanol–water partition coefficient (Wildman–Crippen LogP) is 2.55. The van der Waals surface area contributed by atoms with Gasteiger partial charge in [0.25, 0.3) is 0 Å². The highest BCUT2D eigenvalue weighted by atomic mass is 16.5. The van der Waals surface area contributed by atoms with Gasteiger partial charge < -0.3 is 9.63 Å². The standard InChI is InChI=1S/C12H17NO3/c1-7(2)9-6-10(13-16-9)12(3,11(14)15)8-4-5-8/h6-8H,4-5H2,1-3H3,(H,14,15). The second-order valence-corrected chi connectivity index (χ2v) is 5.05. The molecule has 4 heteroatoms. The summed E-state index contributed by atoms with van der Waals surface area (Å²) in [5.41, 5.74) is -0.317. The van der Waals surface area contributed by atoms with Crippen LogP contribution in [0.2, 0.25) is 0 Å². The molecule has 1 saturated carbocycles. The molecular weight excluding hydrogens is 206 g/mol. The van der Waals surface area contributed by atoms with Gasteiger partial charge in [0.05, 0.1) is 0 Å². The smallest absolute Gasteiger partial charge is 0.315 e. The van der Waals surface area contributed by atoms with Gasteiger partial charge in [-0.1, -0.05) is 19.0 Å². The van der Waals surface area contributed by atoms with Crippen LogP contribution in [-0.4, -0.2) is 16.2 Å². The van der Waals surface area contributed by atoms with E-state index in [0.717, 1.165) is 18.6 Å². The first kappa shape index (κ1) is 11.2. The summed E-state index contributed by atoms with van der Waals surface area (Å²) in [4.78, 5) is 11.4. The number of aliphatic carboxylic acids is 1. The van der Waals surface area contributed by atoms with Crippen molar-refractivity contribution in [2.75, 3.05) is 0 Å². The van der Waals surface area contributed by atoms with E-state index < -0.39 is 11.4 Å². The van der Waals surface area contributed by atoms with E-state index >= 15 is 0 Å². The van der Waals surface area contributed by atoms with E-state index in [1.165, 1.54) is 0 Å². The van der Waals surface area contributed by atoms with Crippen molar-refractivity contribution in [3.05, 3.63) is 17.5 Å². The molecule has 88 valence electrons. The van der Waals surface area contributed by atoms with Gasteiger partial charge in [-0.05, 0) is 25.7 Å². The summed E-state index contributed by atoms with van der Waals surface area (Å²) in [7, 11) is 0. The van der Waals surface area contributed by atoms with Crippen LogP contribution in [0.4, 0.5) is 0 Å². The van der Waals surface area contributed by atoms with Crippen LogP contribution in [0.5, 0.6) is 0 Å². The number of aromatic nitrogens is 1. The fourth-order valence-corrected chi connectivity index (χ4v) is 1.96. The zero-order valence-electron chi connectivity index (χ0n) is 9.86. The SMILES string of the molecule is CC(C)c1cc(C(C)(C(=O)O)C2CC2)no1. The average molecular weight is 223 g/mol. The number of carboxylic acids is 1. The first-order valence-electron chi connectivity index (χ1n) is 5.66. The van der Waals surface area contributed by atoms with Crippen LogP contribution in [0.3, 0.4) is 0 Å². The first-order chi connectivity index (χ1) is 7.46. The van der Waals surface area contributed by atoms with Gasteiger partial charge in [0, 0.05) is 12.0 Å². The molecule has 0 saturated heterocycles. The Morgan fingerprint density at radius 1 is 1.62 bits per heavy atom. The Labute approximate surface area is 94.6 Å². The van der Waals surface area contributed by atoms with Crippen molar-refractivity contribution in [3.8, 4) is 0 Å². The fourth-order valence-electron chi connectivity index (χ4n) is 1.96. The molecule has 0 spiro atoms. The third-order valence-corrected chi connectivity index (χ3v) is 3.47. The highest BCUT2D eigenvalue weighted by Crippen LogP contribution is 2.47. The Bertz CT molecular complexity index is 406. The maximum atomic E-state index is 11.4. The number of hydrogen-bond donors (Lipinski definition) is 1. The molecule has 1 heterocycles. The quantitative estimate of drug-likeness (QED) is 0.852. The Kier molecular flexibility index (Phi) is 2.52. The average Bonchev–Trinajstić information content (AvgIpc) is 2.93. The molecule has 0 aromatic carbocycles. The molecule has 0 aliphatic heterocycles. The van der Waals surface area contributed by atoms with Gasteiger partial charge in [0.15, 0.2) is 0 Å². The molecule has 0 bridgehead atoms. The molecule has 1 aromatic heterocycles. The molecule has 4 nitrogen and oxygen atoms in total. The summed E-state index contributed by atoms with van der Waals surface area (Å²) in [6.45, 7) is 5.74. The van der Waals surface area contributed by atoms with Gasteiger partial charge in [0.2, 0.25) is 0 Å². The second kappa shape index (κ2) is 3.61. The third-order valence-electron chi connectivity index (χ3n) is 3.47. The monoisotopic (exact) mass is 223 g/mol. The molecule has 1 fully saturated rings. The number of carboxylic acid groups (broad SMARTS) is 1. The summed E-state index contributed by atoms with van der Waals surface area (Å²) >= 11 is 0. The Morgan fingerprint density at radius 3 is 2.62 bits per heavy atom. The molecule has 1 aliphatic rings. The fraction of sp³-hybridized carbons (Fsp3) is 0.667. The van der Waals surface area contributed by atoms with Crippen molar-refractivity contribution in [1.82, 2.24) is 5.16 Å². The number of rotatable bonds is 4. The van der Waals surface area contributed by atoms with E-state index in [4.69, 9.17) is 4.52 Å². The van der Waals surface area contributed by atoms with Crippen LogP contribution in [0.25, 0.3) is 0 Å². The predicted molar refractivity (Wildman–Crippen MR) is 58.3 cm³/mol. The lowest BCUT2D eigenvalue weighted by molar-refractivity contribution is -0.144. The van der Waals surface area contributed by atoms with Gasteiger partial charge in [-0.25, -0.2) is 0 Å². The van der Waals surface area contributed by atoms with Crippen molar-refractivity contribution in [3.63, 3.8) is 0 Å². The van der Waals surface area contributed by atoms with Crippen molar-refractivity contribution in [2.24, 2.45) is 5.92 Å². The topological polar surface area (TPSA) is 63.3 Å². The van der Waals surface area contributed by atoms with E-state index in [1.54, 1.807) is 13.0 Å². The highest BCUT2D eigenvalue weighted by molar-refractivity contribution is 5.81. The van der Waals surface area contributed by atoms with Crippen molar-refractivity contribution < 1.29 is 14.4 Å². The van der Waals surface area contributed by atoms with Gasteiger partial charge >= 0.3 is 5.97 Å². The molecule has 2 rings (SSSR count). The molecule has 1 N–H and O–H groups in total. The Hall–Kier alpha value is -1.32. The van der Waals surface area contributed by atoms with E-state index in [2.05, 4.69) is 5.16 Å². The van der Waals surface area contributed by atoms with Gasteiger partial charge in [0.1, 0.15) is 16.9 Å². The number of carbonyl (C=O) groups is 1. The van der Waals surface area contributed by atoms with Crippen LogP contribution < -0.4 is 0 Å². The minimum Gasteiger partial charge on any atom is -0.481 e. The van der Waals surface area contributed by atoms with Crippen molar-refractivity contribution in [1.29, 1.82) is 0 Å². The maximum Gasteiger partial charge on any atom is 0.315 e. The van der Waals surface area contributed by atoms with Gasteiger partial charge in [-0.15, -0.1) is 0 Å². The zero-order chi connectivity index (χ0) is 11.9. The Balaban J connectivity index is 2.35.